The molecule has 1 unspecified atom stereocenters. The van der Waals surface area contributed by atoms with Crippen molar-refractivity contribution in [3.63, 3.8) is 0 Å². The fraction of sp³-hybridized carbons (Fsp3) is 0.417. The highest BCUT2D eigenvalue weighted by molar-refractivity contribution is 5.95. The number of phenols is 2. The third-order valence-corrected chi connectivity index (χ3v) is 3.26. The molecule has 1 aliphatic rings. The van der Waals surface area contributed by atoms with Crippen LogP contribution in [0.2, 0.25) is 0 Å². The van der Waals surface area contributed by atoms with Crippen LogP contribution < -0.4 is 11.1 Å². The van der Waals surface area contributed by atoms with Crippen LogP contribution in [0.4, 0.5) is 0 Å². The lowest BCUT2D eigenvalue weighted by Gasteiger charge is -2.18. The van der Waals surface area contributed by atoms with Gasteiger partial charge in [0.15, 0.2) is 11.5 Å². The Morgan fingerprint density at radius 2 is 2.24 bits per heavy atom. The van der Waals surface area contributed by atoms with Crippen LogP contribution in [-0.4, -0.2) is 22.7 Å². The molecule has 1 heterocycles. The fourth-order valence-corrected chi connectivity index (χ4v) is 2.39. The van der Waals surface area contributed by atoms with Crippen molar-refractivity contribution in [3.8, 4) is 11.5 Å². The van der Waals surface area contributed by atoms with Gasteiger partial charge in [0.25, 0.3) is 0 Å². The van der Waals surface area contributed by atoms with Gasteiger partial charge in [-0.15, -0.1) is 0 Å². The smallest absolute Gasteiger partial charge is 0.249 e. The molecule has 0 bridgehead atoms. The Morgan fingerprint density at radius 1 is 1.53 bits per heavy atom. The summed E-state index contributed by atoms with van der Waals surface area (Å²) < 4.78 is 0. The molecular weight excluding hydrogens is 220 g/mol. The second kappa shape index (κ2) is 4.25. The molecule has 5 heteroatoms. The van der Waals surface area contributed by atoms with E-state index in [-0.39, 0.29) is 23.1 Å². The number of benzene rings is 1. The monoisotopic (exact) mass is 236 g/mol. The van der Waals surface area contributed by atoms with Gasteiger partial charge in [0.05, 0.1) is 0 Å². The van der Waals surface area contributed by atoms with Crippen LogP contribution in [0.1, 0.15) is 40.4 Å². The van der Waals surface area contributed by atoms with Crippen LogP contribution in [0, 0.1) is 6.92 Å². The van der Waals surface area contributed by atoms with E-state index in [0.717, 1.165) is 19.4 Å². The van der Waals surface area contributed by atoms with E-state index in [4.69, 9.17) is 5.73 Å². The first kappa shape index (κ1) is 11.7. The summed E-state index contributed by atoms with van der Waals surface area (Å²) in [5.41, 5.74) is 6.71. The lowest BCUT2D eigenvalue weighted by Crippen LogP contribution is -2.18. The summed E-state index contributed by atoms with van der Waals surface area (Å²) in [7, 11) is 0. The molecule has 1 amide bonds. The van der Waals surface area contributed by atoms with E-state index in [1.807, 2.05) is 0 Å². The van der Waals surface area contributed by atoms with Gasteiger partial charge in [0, 0.05) is 17.2 Å². The molecule has 92 valence electrons. The van der Waals surface area contributed by atoms with Crippen molar-refractivity contribution in [3.05, 3.63) is 22.8 Å². The summed E-state index contributed by atoms with van der Waals surface area (Å²) in [6, 6.07) is 1.19. The first-order chi connectivity index (χ1) is 8.02. The average Bonchev–Trinajstić information content (AvgIpc) is 2.76. The van der Waals surface area contributed by atoms with Gasteiger partial charge in [-0.05, 0) is 37.9 Å². The first-order valence-electron chi connectivity index (χ1n) is 5.61. The number of nitrogens with one attached hydrogen (secondary N) is 1. The molecular formula is C12H16N2O3. The number of amides is 1. The van der Waals surface area contributed by atoms with E-state index in [0.29, 0.717) is 11.1 Å². The standard InChI is InChI=1S/C12H16N2O3/c1-6-7(12(13)17)5-9(15)11(16)10(6)8-3-2-4-14-8/h5,8,14-16H,2-4H2,1H3,(H2,13,17). The average molecular weight is 236 g/mol. The normalized spacial score (nSPS) is 19.5. The van der Waals surface area contributed by atoms with Crippen molar-refractivity contribution in [1.82, 2.24) is 5.32 Å². The molecule has 1 aliphatic heterocycles. The molecule has 2 rings (SSSR count). The summed E-state index contributed by atoms with van der Waals surface area (Å²) in [6.45, 7) is 2.60. The van der Waals surface area contributed by atoms with Crippen LogP contribution in [0.3, 0.4) is 0 Å². The van der Waals surface area contributed by atoms with Gasteiger partial charge in [-0.2, -0.15) is 0 Å². The van der Waals surface area contributed by atoms with Crippen LogP contribution >= 0.6 is 0 Å². The molecule has 0 aliphatic carbocycles. The predicted octanol–water partition coefficient (Wildman–Crippen LogP) is 0.930. The van der Waals surface area contributed by atoms with Gasteiger partial charge in [0.1, 0.15) is 0 Å². The molecule has 1 aromatic carbocycles. The van der Waals surface area contributed by atoms with Gasteiger partial charge in [-0.1, -0.05) is 0 Å². The minimum Gasteiger partial charge on any atom is -0.504 e. The Balaban J connectivity index is 2.59. The summed E-state index contributed by atoms with van der Waals surface area (Å²) in [6.07, 6.45) is 1.88. The highest BCUT2D eigenvalue weighted by atomic mass is 16.3. The van der Waals surface area contributed by atoms with E-state index in [1.54, 1.807) is 6.92 Å². The van der Waals surface area contributed by atoms with Crippen molar-refractivity contribution in [2.45, 2.75) is 25.8 Å². The fourth-order valence-electron chi connectivity index (χ4n) is 2.39. The summed E-state index contributed by atoms with van der Waals surface area (Å²) >= 11 is 0. The topological polar surface area (TPSA) is 95.6 Å². The third kappa shape index (κ3) is 1.93. The Labute approximate surface area is 99.3 Å². The molecule has 5 N–H and O–H groups in total. The Kier molecular flexibility index (Phi) is 2.93. The SMILES string of the molecule is Cc1c(C(N)=O)cc(O)c(O)c1C1CCCN1. The summed E-state index contributed by atoms with van der Waals surface area (Å²) in [4.78, 5) is 11.3. The van der Waals surface area contributed by atoms with Crippen LogP contribution in [0.15, 0.2) is 6.07 Å². The number of primary amides is 1. The Morgan fingerprint density at radius 3 is 2.76 bits per heavy atom. The molecule has 1 saturated heterocycles. The van der Waals surface area contributed by atoms with E-state index in [9.17, 15) is 15.0 Å². The maximum atomic E-state index is 11.3. The van der Waals surface area contributed by atoms with E-state index in [2.05, 4.69) is 5.32 Å². The number of phenolic OH excluding ortho intramolecular Hbond substituents is 2. The highest BCUT2D eigenvalue weighted by Crippen LogP contribution is 2.40. The molecule has 1 aromatic rings. The lowest BCUT2D eigenvalue weighted by molar-refractivity contribution is 0.0999. The second-order valence-corrected chi connectivity index (χ2v) is 4.34. The minimum absolute atomic E-state index is 0.0276. The van der Waals surface area contributed by atoms with Crippen molar-refractivity contribution < 1.29 is 15.0 Å². The van der Waals surface area contributed by atoms with Gasteiger partial charge >= 0.3 is 0 Å². The van der Waals surface area contributed by atoms with Gasteiger partial charge in [-0.25, -0.2) is 0 Å². The number of hydrogen-bond donors (Lipinski definition) is 4. The minimum atomic E-state index is -0.600. The number of nitrogens with two attached hydrogens (primary N) is 1. The maximum absolute atomic E-state index is 11.3. The predicted molar refractivity (Wildman–Crippen MR) is 63.0 cm³/mol. The molecule has 0 spiro atoms. The van der Waals surface area contributed by atoms with Gasteiger partial charge < -0.3 is 21.3 Å². The van der Waals surface area contributed by atoms with Gasteiger partial charge in [0.2, 0.25) is 5.91 Å². The van der Waals surface area contributed by atoms with E-state index in [1.165, 1.54) is 6.07 Å². The Bertz CT molecular complexity index is 465. The van der Waals surface area contributed by atoms with Crippen molar-refractivity contribution in [2.75, 3.05) is 6.54 Å². The molecule has 0 aromatic heterocycles. The molecule has 0 saturated carbocycles. The highest BCUT2D eigenvalue weighted by Gasteiger charge is 2.25. The first-order valence-corrected chi connectivity index (χ1v) is 5.61. The second-order valence-electron chi connectivity index (χ2n) is 4.34. The van der Waals surface area contributed by atoms with Crippen LogP contribution in [-0.2, 0) is 0 Å². The summed E-state index contributed by atoms with van der Waals surface area (Å²) in [5, 5.41) is 22.8. The zero-order chi connectivity index (χ0) is 12.6. The number of carbonyl (C=O) groups excluding carboxylic acids is 1. The van der Waals surface area contributed by atoms with Crippen LogP contribution in [0.25, 0.3) is 0 Å². The third-order valence-electron chi connectivity index (χ3n) is 3.26. The molecule has 1 atom stereocenters. The van der Waals surface area contributed by atoms with Crippen molar-refractivity contribution >= 4 is 5.91 Å². The number of rotatable bonds is 2. The molecule has 1 fully saturated rings. The quantitative estimate of drug-likeness (QED) is 0.574. The van der Waals surface area contributed by atoms with Crippen LogP contribution in [0.5, 0.6) is 11.5 Å². The Hall–Kier alpha value is -1.75. The number of aromatic hydroxyl groups is 2. The molecule has 5 nitrogen and oxygen atoms in total. The van der Waals surface area contributed by atoms with Gasteiger partial charge in [-0.3, -0.25) is 4.79 Å². The van der Waals surface area contributed by atoms with Crippen molar-refractivity contribution in [2.24, 2.45) is 5.73 Å². The zero-order valence-electron chi connectivity index (χ0n) is 9.66. The largest absolute Gasteiger partial charge is 0.504 e. The maximum Gasteiger partial charge on any atom is 0.249 e. The van der Waals surface area contributed by atoms with E-state index >= 15 is 0 Å². The zero-order valence-corrected chi connectivity index (χ0v) is 9.66. The lowest BCUT2D eigenvalue weighted by atomic mass is 9.94. The van der Waals surface area contributed by atoms with Crippen molar-refractivity contribution in [1.29, 1.82) is 0 Å². The molecule has 17 heavy (non-hydrogen) atoms. The molecule has 0 radical (unpaired) electrons. The summed E-state index contributed by atoms with van der Waals surface area (Å²) in [5.74, 6) is -1.06. The number of hydrogen-bond acceptors (Lipinski definition) is 4. The van der Waals surface area contributed by atoms with E-state index < -0.39 is 5.91 Å². The number of carbonyl (C=O) groups is 1.